The maximum atomic E-state index is 11.5. The number of nitrogens with one attached hydrogen (secondary N) is 2. The number of aliphatic imine (C=N–C) groups is 1. The zero-order chi connectivity index (χ0) is 12.2. The summed E-state index contributed by atoms with van der Waals surface area (Å²) in [6.07, 6.45) is 0. The molecular formula is C11H22N4O. The van der Waals surface area contributed by atoms with Gasteiger partial charge in [-0.25, -0.2) is 0 Å². The zero-order valence-electron chi connectivity index (χ0n) is 10.6. The highest BCUT2D eigenvalue weighted by Gasteiger charge is 2.20. The lowest BCUT2D eigenvalue weighted by Gasteiger charge is -2.19. The van der Waals surface area contributed by atoms with Crippen LogP contribution in [0, 0.1) is 5.41 Å². The smallest absolute Gasteiger partial charge is 0.225 e. The SMILES string of the molecule is CN1CCN=C1NCCNC(=O)C(C)(C)C. The van der Waals surface area contributed by atoms with Gasteiger partial charge in [-0.15, -0.1) is 0 Å². The summed E-state index contributed by atoms with van der Waals surface area (Å²) >= 11 is 0. The number of hydrogen-bond acceptors (Lipinski definition) is 4. The van der Waals surface area contributed by atoms with Crippen LogP contribution in [0.3, 0.4) is 0 Å². The molecule has 0 unspecified atom stereocenters. The molecule has 0 aliphatic carbocycles. The number of carbonyl (C=O) groups is 1. The molecule has 5 heteroatoms. The Labute approximate surface area is 97.3 Å². The van der Waals surface area contributed by atoms with Gasteiger partial charge in [0.25, 0.3) is 0 Å². The van der Waals surface area contributed by atoms with Gasteiger partial charge in [0.15, 0.2) is 5.96 Å². The molecule has 0 aromatic carbocycles. The van der Waals surface area contributed by atoms with Gasteiger partial charge in [-0.2, -0.15) is 0 Å². The van der Waals surface area contributed by atoms with Gasteiger partial charge >= 0.3 is 0 Å². The largest absolute Gasteiger partial charge is 0.354 e. The summed E-state index contributed by atoms with van der Waals surface area (Å²) in [4.78, 5) is 17.9. The summed E-state index contributed by atoms with van der Waals surface area (Å²) < 4.78 is 0. The van der Waals surface area contributed by atoms with E-state index in [0.29, 0.717) is 13.1 Å². The lowest BCUT2D eigenvalue weighted by Crippen LogP contribution is -2.42. The molecule has 1 aliphatic rings. The van der Waals surface area contributed by atoms with Crippen LogP contribution in [-0.2, 0) is 4.79 Å². The lowest BCUT2D eigenvalue weighted by molar-refractivity contribution is -0.128. The predicted molar refractivity (Wildman–Crippen MR) is 65.4 cm³/mol. The van der Waals surface area contributed by atoms with E-state index in [-0.39, 0.29) is 11.3 Å². The Hall–Kier alpha value is -1.26. The van der Waals surface area contributed by atoms with Crippen LogP contribution >= 0.6 is 0 Å². The van der Waals surface area contributed by atoms with Gasteiger partial charge in [0.2, 0.25) is 5.91 Å². The Bertz CT molecular complexity index is 280. The van der Waals surface area contributed by atoms with Crippen molar-refractivity contribution in [3.63, 3.8) is 0 Å². The van der Waals surface area contributed by atoms with Gasteiger partial charge in [0.05, 0.1) is 6.54 Å². The third-order valence-corrected chi connectivity index (χ3v) is 2.43. The van der Waals surface area contributed by atoms with E-state index in [1.54, 1.807) is 0 Å². The molecule has 0 bridgehead atoms. The van der Waals surface area contributed by atoms with Gasteiger partial charge in [0, 0.05) is 32.1 Å². The quantitative estimate of drug-likeness (QED) is 0.668. The van der Waals surface area contributed by atoms with Crippen molar-refractivity contribution in [3.8, 4) is 0 Å². The fraction of sp³-hybridized carbons (Fsp3) is 0.818. The molecule has 16 heavy (non-hydrogen) atoms. The van der Waals surface area contributed by atoms with Crippen molar-refractivity contribution in [1.29, 1.82) is 0 Å². The zero-order valence-corrected chi connectivity index (χ0v) is 10.6. The van der Waals surface area contributed by atoms with E-state index in [2.05, 4.69) is 20.5 Å². The first-order chi connectivity index (χ1) is 7.41. The van der Waals surface area contributed by atoms with Gasteiger partial charge in [-0.3, -0.25) is 9.79 Å². The number of nitrogens with zero attached hydrogens (tertiary/aromatic N) is 2. The molecule has 1 heterocycles. The van der Waals surface area contributed by atoms with Crippen LogP contribution in [0.25, 0.3) is 0 Å². The Morgan fingerprint density at radius 3 is 2.62 bits per heavy atom. The molecule has 1 amide bonds. The maximum absolute atomic E-state index is 11.5. The summed E-state index contributed by atoms with van der Waals surface area (Å²) in [7, 11) is 2.01. The van der Waals surface area contributed by atoms with Crippen LogP contribution in [0.1, 0.15) is 20.8 Å². The Kier molecular flexibility index (Phi) is 4.15. The van der Waals surface area contributed by atoms with E-state index in [9.17, 15) is 4.79 Å². The first kappa shape index (κ1) is 12.8. The van der Waals surface area contributed by atoms with E-state index in [1.165, 1.54) is 0 Å². The molecule has 0 aromatic heterocycles. The summed E-state index contributed by atoms with van der Waals surface area (Å²) in [5.74, 6) is 1.00. The van der Waals surface area contributed by atoms with Crippen molar-refractivity contribution in [3.05, 3.63) is 0 Å². The minimum Gasteiger partial charge on any atom is -0.354 e. The van der Waals surface area contributed by atoms with E-state index >= 15 is 0 Å². The number of rotatable bonds is 3. The highest BCUT2D eigenvalue weighted by molar-refractivity contribution is 5.82. The van der Waals surface area contributed by atoms with Gasteiger partial charge in [0.1, 0.15) is 0 Å². The molecule has 2 N–H and O–H groups in total. The van der Waals surface area contributed by atoms with Crippen LogP contribution in [-0.4, -0.2) is 50.0 Å². The molecule has 1 aliphatic heterocycles. The maximum Gasteiger partial charge on any atom is 0.225 e. The highest BCUT2D eigenvalue weighted by atomic mass is 16.2. The van der Waals surface area contributed by atoms with Gasteiger partial charge in [-0.1, -0.05) is 20.8 Å². The Morgan fingerprint density at radius 1 is 1.44 bits per heavy atom. The predicted octanol–water partition coefficient (Wildman–Crippen LogP) is 0.0397. The minimum atomic E-state index is -0.318. The second-order valence-electron chi connectivity index (χ2n) is 5.06. The molecule has 0 saturated heterocycles. The fourth-order valence-corrected chi connectivity index (χ4v) is 1.34. The van der Waals surface area contributed by atoms with Crippen molar-refractivity contribution < 1.29 is 4.79 Å². The van der Waals surface area contributed by atoms with E-state index in [1.807, 2.05) is 27.8 Å². The molecule has 0 fully saturated rings. The van der Waals surface area contributed by atoms with Crippen LogP contribution in [0.4, 0.5) is 0 Å². The summed E-state index contributed by atoms with van der Waals surface area (Å²) in [5.41, 5.74) is -0.318. The average molecular weight is 226 g/mol. The molecule has 0 spiro atoms. The number of likely N-dealkylation sites (N-methyl/N-ethyl adjacent to an activating group) is 1. The average Bonchev–Trinajstić information content (AvgIpc) is 2.57. The topological polar surface area (TPSA) is 56.7 Å². The normalized spacial score (nSPS) is 16.0. The van der Waals surface area contributed by atoms with Crippen molar-refractivity contribution in [1.82, 2.24) is 15.5 Å². The van der Waals surface area contributed by atoms with E-state index in [4.69, 9.17) is 0 Å². The number of guanidine groups is 1. The van der Waals surface area contributed by atoms with Gasteiger partial charge < -0.3 is 15.5 Å². The van der Waals surface area contributed by atoms with Crippen LogP contribution < -0.4 is 10.6 Å². The number of hydrogen-bond donors (Lipinski definition) is 2. The third-order valence-electron chi connectivity index (χ3n) is 2.43. The molecule has 0 radical (unpaired) electrons. The second-order valence-corrected chi connectivity index (χ2v) is 5.06. The van der Waals surface area contributed by atoms with Crippen molar-refractivity contribution >= 4 is 11.9 Å². The standard InChI is InChI=1S/C11H22N4O/c1-11(2,3)9(16)12-5-6-13-10-14-7-8-15(10)4/h5-8H2,1-4H3,(H,12,16)(H,13,14). The lowest BCUT2D eigenvalue weighted by atomic mass is 9.96. The summed E-state index contributed by atoms with van der Waals surface area (Å²) in [6.45, 7) is 8.89. The molecular weight excluding hydrogens is 204 g/mol. The molecule has 1 rings (SSSR count). The summed E-state index contributed by atoms with van der Waals surface area (Å²) in [5, 5.41) is 6.09. The first-order valence-corrected chi connectivity index (χ1v) is 5.69. The first-order valence-electron chi connectivity index (χ1n) is 5.69. The number of carbonyl (C=O) groups excluding carboxylic acids is 1. The monoisotopic (exact) mass is 226 g/mol. The molecule has 0 atom stereocenters. The van der Waals surface area contributed by atoms with Crippen molar-refractivity contribution in [2.75, 3.05) is 33.2 Å². The van der Waals surface area contributed by atoms with Crippen molar-refractivity contribution in [2.45, 2.75) is 20.8 Å². The fourth-order valence-electron chi connectivity index (χ4n) is 1.34. The minimum absolute atomic E-state index is 0.0796. The highest BCUT2D eigenvalue weighted by Crippen LogP contribution is 2.11. The van der Waals surface area contributed by atoms with Crippen LogP contribution in [0.15, 0.2) is 4.99 Å². The second kappa shape index (κ2) is 5.18. The number of amides is 1. The Morgan fingerprint density at radius 2 is 2.12 bits per heavy atom. The molecule has 0 aromatic rings. The molecule has 5 nitrogen and oxygen atoms in total. The van der Waals surface area contributed by atoms with Crippen LogP contribution in [0.5, 0.6) is 0 Å². The van der Waals surface area contributed by atoms with Crippen molar-refractivity contribution in [2.24, 2.45) is 10.4 Å². The van der Waals surface area contributed by atoms with Gasteiger partial charge in [-0.05, 0) is 0 Å². The van der Waals surface area contributed by atoms with Crippen LogP contribution in [0.2, 0.25) is 0 Å². The Balaban J connectivity index is 2.15. The van der Waals surface area contributed by atoms with E-state index < -0.39 is 0 Å². The molecule has 92 valence electrons. The molecule has 0 saturated carbocycles. The third kappa shape index (κ3) is 3.72. The van der Waals surface area contributed by atoms with E-state index in [0.717, 1.165) is 19.0 Å². The summed E-state index contributed by atoms with van der Waals surface area (Å²) in [6, 6.07) is 0.